The number of carbonyl (C=O) groups excluding carboxylic acids is 1. The molecule has 0 bridgehead atoms. The molecule has 0 fully saturated rings. The maximum Gasteiger partial charge on any atom is 0.367 e. The number of fused-ring (bicyclic) bond motifs is 1. The van der Waals surface area contributed by atoms with Crippen LogP contribution >= 0.6 is 0 Å². The number of aromatic nitrogens is 4. The number of anilines is 1. The summed E-state index contributed by atoms with van der Waals surface area (Å²) in [6.07, 6.45) is 0. The Labute approximate surface area is 176 Å². The molecule has 2 aromatic carbocycles. The normalized spacial score (nSPS) is 11.4. The van der Waals surface area contributed by atoms with E-state index in [9.17, 15) is 18.0 Å². The van der Waals surface area contributed by atoms with Crippen LogP contribution in [-0.2, 0) is 21.2 Å². The number of carbonyl (C=O) groups is 1. The highest BCUT2D eigenvalue weighted by Crippen LogP contribution is 2.18. The van der Waals surface area contributed by atoms with Crippen molar-refractivity contribution >= 4 is 27.1 Å². The van der Waals surface area contributed by atoms with Crippen LogP contribution in [0, 0.1) is 0 Å². The van der Waals surface area contributed by atoms with E-state index in [1.165, 1.54) is 31.4 Å². The molecule has 0 radical (unpaired) electrons. The van der Waals surface area contributed by atoms with Gasteiger partial charge in [0.15, 0.2) is 10.7 Å². The van der Waals surface area contributed by atoms with Gasteiger partial charge in [-0.2, -0.15) is 4.52 Å². The minimum Gasteiger partial charge on any atom is -0.497 e. The van der Waals surface area contributed by atoms with Crippen LogP contribution in [0.15, 0.2) is 81.4 Å². The Morgan fingerprint density at radius 1 is 1.00 bits per heavy atom. The Balaban J connectivity index is 1.59. The van der Waals surface area contributed by atoms with Gasteiger partial charge in [0.2, 0.25) is 15.7 Å². The zero-order valence-electron chi connectivity index (χ0n) is 16.3. The van der Waals surface area contributed by atoms with Gasteiger partial charge in [-0.05, 0) is 48.5 Å². The number of hydrogen-bond acceptors (Lipinski definition) is 7. The fraction of sp³-hybridized carbons (Fsp3) is 0.100. The van der Waals surface area contributed by atoms with Crippen LogP contribution in [0.1, 0.15) is 0 Å². The van der Waals surface area contributed by atoms with Gasteiger partial charge in [0, 0.05) is 5.69 Å². The molecular weight excluding hydrogens is 422 g/mol. The number of benzene rings is 2. The van der Waals surface area contributed by atoms with Gasteiger partial charge in [0.25, 0.3) is 0 Å². The molecule has 2 aromatic heterocycles. The summed E-state index contributed by atoms with van der Waals surface area (Å²) in [5.41, 5.74) is -0.0868. The summed E-state index contributed by atoms with van der Waals surface area (Å²) >= 11 is 0. The Hall–Kier alpha value is -3.99. The van der Waals surface area contributed by atoms with Crippen LogP contribution in [0.3, 0.4) is 0 Å². The van der Waals surface area contributed by atoms with Crippen molar-refractivity contribution < 1.29 is 17.9 Å². The minimum atomic E-state index is -3.90. The number of methoxy groups -OCH3 is 1. The van der Waals surface area contributed by atoms with Crippen molar-refractivity contribution in [3.05, 3.63) is 77.2 Å². The first-order chi connectivity index (χ1) is 14.9. The summed E-state index contributed by atoms with van der Waals surface area (Å²) in [6, 6.07) is 17.1. The summed E-state index contributed by atoms with van der Waals surface area (Å²) in [7, 11) is -2.37. The zero-order valence-corrected chi connectivity index (χ0v) is 17.1. The number of ether oxygens (including phenoxy) is 1. The Morgan fingerprint density at radius 3 is 2.39 bits per heavy atom. The predicted octanol–water partition coefficient (Wildman–Crippen LogP) is 1.37. The fourth-order valence-electron chi connectivity index (χ4n) is 2.87. The van der Waals surface area contributed by atoms with Gasteiger partial charge in [0.05, 0.1) is 12.0 Å². The topological polar surface area (TPSA) is 125 Å². The highest BCUT2D eigenvalue weighted by Gasteiger charge is 2.21. The molecule has 31 heavy (non-hydrogen) atoms. The lowest BCUT2D eigenvalue weighted by Crippen LogP contribution is -2.29. The van der Waals surface area contributed by atoms with E-state index in [-0.39, 0.29) is 22.1 Å². The molecule has 10 nitrogen and oxygen atoms in total. The smallest absolute Gasteiger partial charge is 0.367 e. The van der Waals surface area contributed by atoms with Gasteiger partial charge in [-0.1, -0.05) is 18.2 Å². The van der Waals surface area contributed by atoms with E-state index in [4.69, 9.17) is 4.74 Å². The molecule has 0 aliphatic heterocycles. The zero-order chi connectivity index (χ0) is 22.0. The highest BCUT2D eigenvalue weighted by atomic mass is 32.2. The molecule has 1 N–H and O–H groups in total. The lowest BCUT2D eigenvalue weighted by atomic mass is 10.3. The van der Waals surface area contributed by atoms with Gasteiger partial charge >= 0.3 is 5.69 Å². The lowest BCUT2D eigenvalue weighted by molar-refractivity contribution is -0.117. The van der Waals surface area contributed by atoms with E-state index >= 15 is 0 Å². The molecule has 0 aliphatic rings. The SMILES string of the molecule is COc1ccc(NC(=O)Cn2nc3ccc(S(=O)(=O)c4ccccc4)nn3c2=O)cc1. The molecule has 1 amide bonds. The summed E-state index contributed by atoms with van der Waals surface area (Å²) < 4.78 is 32.3. The third-order valence-corrected chi connectivity index (χ3v) is 6.07. The number of rotatable bonds is 6. The molecule has 0 spiro atoms. The van der Waals surface area contributed by atoms with Crippen LogP contribution in [-0.4, -0.2) is 40.8 Å². The second-order valence-electron chi connectivity index (χ2n) is 6.47. The van der Waals surface area contributed by atoms with Crippen LogP contribution in [0.4, 0.5) is 5.69 Å². The van der Waals surface area contributed by atoms with E-state index in [0.29, 0.717) is 11.4 Å². The second-order valence-corrected chi connectivity index (χ2v) is 8.37. The molecule has 0 aliphatic carbocycles. The molecule has 0 saturated carbocycles. The highest BCUT2D eigenvalue weighted by molar-refractivity contribution is 7.91. The van der Waals surface area contributed by atoms with E-state index in [2.05, 4.69) is 15.5 Å². The third-order valence-electron chi connectivity index (χ3n) is 4.41. The van der Waals surface area contributed by atoms with Crippen LogP contribution in [0.5, 0.6) is 5.75 Å². The quantitative estimate of drug-likeness (QED) is 0.481. The molecule has 0 saturated heterocycles. The maximum atomic E-state index is 12.7. The van der Waals surface area contributed by atoms with Crippen LogP contribution < -0.4 is 15.7 Å². The van der Waals surface area contributed by atoms with Crippen molar-refractivity contribution in [3.8, 4) is 5.75 Å². The minimum absolute atomic E-state index is 0.0566. The average molecular weight is 439 g/mol. The van der Waals surface area contributed by atoms with E-state index in [1.807, 2.05) is 0 Å². The number of amides is 1. The van der Waals surface area contributed by atoms with Crippen molar-refractivity contribution in [2.75, 3.05) is 12.4 Å². The first kappa shape index (κ1) is 20.3. The van der Waals surface area contributed by atoms with Crippen molar-refractivity contribution in [1.82, 2.24) is 19.4 Å². The van der Waals surface area contributed by atoms with Crippen LogP contribution in [0.2, 0.25) is 0 Å². The predicted molar refractivity (Wildman–Crippen MR) is 111 cm³/mol. The maximum absolute atomic E-state index is 12.7. The molecule has 0 unspecified atom stereocenters. The third kappa shape index (κ3) is 4.03. The molecule has 158 valence electrons. The molecule has 0 atom stereocenters. The van der Waals surface area contributed by atoms with Crippen molar-refractivity contribution in [3.63, 3.8) is 0 Å². The van der Waals surface area contributed by atoms with Gasteiger partial charge in [-0.15, -0.1) is 10.2 Å². The van der Waals surface area contributed by atoms with Crippen molar-refractivity contribution in [2.24, 2.45) is 0 Å². The Morgan fingerprint density at radius 2 is 1.71 bits per heavy atom. The van der Waals surface area contributed by atoms with Crippen LogP contribution in [0.25, 0.3) is 5.65 Å². The fourth-order valence-corrected chi connectivity index (χ4v) is 4.06. The monoisotopic (exact) mass is 439 g/mol. The summed E-state index contributed by atoms with van der Waals surface area (Å²) in [6.45, 7) is -0.366. The summed E-state index contributed by atoms with van der Waals surface area (Å²) in [5.74, 6) is 0.162. The van der Waals surface area contributed by atoms with Crippen molar-refractivity contribution in [2.45, 2.75) is 16.5 Å². The van der Waals surface area contributed by atoms with Gasteiger partial charge < -0.3 is 10.1 Å². The molecule has 4 aromatic rings. The number of sulfone groups is 1. The largest absolute Gasteiger partial charge is 0.497 e. The standard InChI is InChI=1S/C20H17N5O5S/c1-30-15-9-7-14(8-10-15)21-18(26)13-24-20(27)25-17(22-24)11-12-19(23-25)31(28,29)16-5-3-2-4-6-16/h2-12H,13H2,1H3,(H,21,26). The Kier molecular flexibility index (Phi) is 5.26. The van der Waals surface area contributed by atoms with Gasteiger partial charge in [-0.3, -0.25) is 4.79 Å². The number of nitrogens with zero attached hydrogens (tertiary/aromatic N) is 4. The molecule has 11 heteroatoms. The Bertz CT molecular complexity index is 1410. The number of nitrogens with one attached hydrogen (secondary N) is 1. The molecule has 4 rings (SSSR count). The second kappa shape index (κ2) is 8.03. The first-order valence-electron chi connectivity index (χ1n) is 9.09. The van der Waals surface area contributed by atoms with E-state index in [0.717, 1.165) is 9.20 Å². The van der Waals surface area contributed by atoms with E-state index in [1.54, 1.807) is 42.5 Å². The van der Waals surface area contributed by atoms with Gasteiger partial charge in [0.1, 0.15) is 12.3 Å². The first-order valence-corrected chi connectivity index (χ1v) is 10.6. The van der Waals surface area contributed by atoms with Gasteiger partial charge in [-0.25, -0.2) is 17.9 Å². The number of hydrogen-bond donors (Lipinski definition) is 1. The van der Waals surface area contributed by atoms with E-state index < -0.39 is 21.4 Å². The summed E-state index contributed by atoms with van der Waals surface area (Å²) in [5, 5.41) is 10.3. The van der Waals surface area contributed by atoms with Crippen molar-refractivity contribution in [1.29, 1.82) is 0 Å². The lowest BCUT2D eigenvalue weighted by Gasteiger charge is -2.05. The molecule has 2 heterocycles. The summed E-state index contributed by atoms with van der Waals surface area (Å²) in [4.78, 5) is 25.0. The molecular formula is C20H17N5O5S. The average Bonchev–Trinajstić information content (AvgIpc) is 3.09.